The van der Waals surface area contributed by atoms with E-state index in [0.717, 1.165) is 23.1 Å². The maximum atomic E-state index is 13.7. The minimum atomic E-state index is -3.59. The summed E-state index contributed by atoms with van der Waals surface area (Å²) >= 11 is 7.51. The number of pyridine rings is 1. The number of hydrogen-bond acceptors (Lipinski definition) is 6. The van der Waals surface area contributed by atoms with Gasteiger partial charge in [0.1, 0.15) is 0 Å². The molecule has 7 nitrogen and oxygen atoms in total. The molecule has 2 aromatic heterocycles. The molecule has 1 fully saturated rings. The van der Waals surface area contributed by atoms with E-state index in [2.05, 4.69) is 16.9 Å². The van der Waals surface area contributed by atoms with Crippen LogP contribution in [0.2, 0.25) is 5.02 Å². The maximum absolute atomic E-state index is 13.7. The van der Waals surface area contributed by atoms with Crippen molar-refractivity contribution in [3.63, 3.8) is 0 Å². The van der Waals surface area contributed by atoms with E-state index in [4.69, 9.17) is 11.6 Å². The second kappa shape index (κ2) is 10.3. The maximum Gasteiger partial charge on any atom is 0.260 e. The molecule has 36 heavy (non-hydrogen) atoms. The van der Waals surface area contributed by atoms with Crippen molar-refractivity contribution in [2.24, 2.45) is 5.92 Å². The number of carbonyl (C=O) groups excluding carboxylic acids is 1. The van der Waals surface area contributed by atoms with Crippen LogP contribution in [0.5, 0.6) is 0 Å². The molecule has 0 saturated carbocycles. The van der Waals surface area contributed by atoms with Crippen molar-refractivity contribution in [3.05, 3.63) is 83.1 Å². The molecule has 1 saturated heterocycles. The van der Waals surface area contributed by atoms with E-state index < -0.39 is 10.0 Å². The van der Waals surface area contributed by atoms with Crippen LogP contribution in [0.4, 0.5) is 5.13 Å². The van der Waals surface area contributed by atoms with Gasteiger partial charge in [0.25, 0.3) is 5.91 Å². The lowest BCUT2D eigenvalue weighted by Gasteiger charge is -2.29. The summed E-state index contributed by atoms with van der Waals surface area (Å²) in [7, 11) is -3.59. The van der Waals surface area contributed by atoms with Crippen molar-refractivity contribution in [1.29, 1.82) is 0 Å². The van der Waals surface area contributed by atoms with Gasteiger partial charge in [-0.1, -0.05) is 35.9 Å². The lowest BCUT2D eigenvalue weighted by molar-refractivity contribution is 0.0984. The molecular formula is C26H25ClN4O3S2. The SMILES string of the molecule is CC1CCN(S(=O)(=O)c2ccc(C(=O)N(Cc3ccccn3)c3nc4ccc(Cl)cc4s3)cc2)CC1. The van der Waals surface area contributed by atoms with Crippen LogP contribution in [0.3, 0.4) is 0 Å². The smallest absolute Gasteiger partial charge is 0.260 e. The average Bonchev–Trinajstić information content (AvgIpc) is 3.31. The summed E-state index contributed by atoms with van der Waals surface area (Å²) in [6.07, 6.45) is 3.38. The number of anilines is 1. The lowest BCUT2D eigenvalue weighted by Crippen LogP contribution is -2.37. The highest BCUT2D eigenvalue weighted by Crippen LogP contribution is 2.32. The van der Waals surface area contributed by atoms with E-state index in [-0.39, 0.29) is 17.3 Å². The van der Waals surface area contributed by atoms with E-state index in [0.29, 0.717) is 40.4 Å². The highest BCUT2D eigenvalue weighted by atomic mass is 35.5. The molecule has 0 spiro atoms. The molecule has 0 radical (unpaired) electrons. The minimum absolute atomic E-state index is 0.194. The van der Waals surface area contributed by atoms with Gasteiger partial charge in [0.2, 0.25) is 10.0 Å². The van der Waals surface area contributed by atoms with E-state index in [1.807, 2.05) is 30.3 Å². The standard InChI is InChI=1S/C26H25ClN4O3S2/c1-18-11-14-30(15-12-18)36(33,34)22-8-5-19(6-9-22)25(32)31(17-21-4-2-3-13-28-21)26-29-23-10-7-20(27)16-24(23)35-26/h2-10,13,16,18H,11-12,14-15,17H2,1H3. The van der Waals surface area contributed by atoms with Gasteiger partial charge < -0.3 is 0 Å². The van der Waals surface area contributed by atoms with E-state index in [1.54, 1.807) is 29.3 Å². The Labute approximate surface area is 219 Å². The van der Waals surface area contributed by atoms with Crippen molar-refractivity contribution in [2.45, 2.75) is 31.2 Å². The van der Waals surface area contributed by atoms with Crippen LogP contribution in [0.25, 0.3) is 10.2 Å². The second-order valence-corrected chi connectivity index (χ2v) is 12.3. The Morgan fingerprint density at radius 2 is 1.86 bits per heavy atom. The number of halogens is 1. The minimum Gasteiger partial charge on any atom is -0.278 e. The molecule has 10 heteroatoms. The largest absolute Gasteiger partial charge is 0.278 e. The number of aromatic nitrogens is 2. The van der Waals surface area contributed by atoms with Gasteiger partial charge in [-0.3, -0.25) is 14.7 Å². The molecule has 4 aromatic rings. The van der Waals surface area contributed by atoms with E-state index in [9.17, 15) is 13.2 Å². The Bertz CT molecular complexity index is 1480. The molecular weight excluding hydrogens is 516 g/mol. The van der Waals surface area contributed by atoms with Crippen LogP contribution < -0.4 is 4.90 Å². The highest BCUT2D eigenvalue weighted by molar-refractivity contribution is 7.89. The molecule has 0 N–H and O–H groups in total. The summed E-state index contributed by atoms with van der Waals surface area (Å²) in [6, 6.07) is 17.1. The van der Waals surface area contributed by atoms with E-state index in [1.165, 1.54) is 27.8 Å². The first kappa shape index (κ1) is 24.8. The first-order valence-corrected chi connectivity index (χ1v) is 14.3. The molecule has 0 bridgehead atoms. The zero-order chi connectivity index (χ0) is 25.3. The number of rotatable bonds is 6. The summed E-state index contributed by atoms with van der Waals surface area (Å²) in [5, 5.41) is 1.11. The molecule has 5 rings (SSSR count). The Morgan fingerprint density at radius 3 is 2.56 bits per heavy atom. The Morgan fingerprint density at radius 1 is 1.11 bits per heavy atom. The fourth-order valence-corrected chi connectivity index (χ4v) is 6.89. The van der Waals surface area contributed by atoms with Gasteiger partial charge in [-0.05, 0) is 73.4 Å². The number of thiazole rings is 1. The second-order valence-electron chi connectivity index (χ2n) is 8.93. The van der Waals surface area contributed by atoms with Gasteiger partial charge >= 0.3 is 0 Å². The predicted molar refractivity (Wildman–Crippen MR) is 143 cm³/mol. The number of piperidine rings is 1. The van der Waals surface area contributed by atoms with Crippen molar-refractivity contribution < 1.29 is 13.2 Å². The average molecular weight is 541 g/mol. The van der Waals surface area contributed by atoms with Gasteiger partial charge in [0, 0.05) is 29.9 Å². The number of hydrogen-bond donors (Lipinski definition) is 0. The monoisotopic (exact) mass is 540 g/mol. The summed E-state index contributed by atoms with van der Waals surface area (Å²) in [5.41, 5.74) is 1.83. The third-order valence-electron chi connectivity index (χ3n) is 6.34. The fraction of sp³-hybridized carbons (Fsp3) is 0.269. The van der Waals surface area contributed by atoms with Crippen LogP contribution in [0.15, 0.2) is 71.8 Å². The van der Waals surface area contributed by atoms with Crippen molar-refractivity contribution in [3.8, 4) is 0 Å². The molecule has 0 aliphatic carbocycles. The third kappa shape index (κ3) is 5.15. The zero-order valence-corrected chi connectivity index (χ0v) is 22.1. The van der Waals surface area contributed by atoms with Gasteiger partial charge in [0.15, 0.2) is 5.13 Å². The predicted octanol–water partition coefficient (Wildman–Crippen LogP) is 5.61. The fourth-order valence-electron chi connectivity index (χ4n) is 4.18. The summed E-state index contributed by atoms with van der Waals surface area (Å²) in [4.78, 5) is 24.5. The number of sulfonamides is 1. The Hall–Kier alpha value is -2.85. The van der Waals surface area contributed by atoms with Gasteiger partial charge in [0.05, 0.1) is 27.4 Å². The molecule has 1 amide bonds. The molecule has 0 atom stereocenters. The van der Waals surface area contributed by atoms with Crippen LogP contribution in [-0.2, 0) is 16.6 Å². The first-order chi connectivity index (χ1) is 17.3. The number of fused-ring (bicyclic) bond motifs is 1. The van der Waals surface area contributed by atoms with Crippen LogP contribution >= 0.6 is 22.9 Å². The number of carbonyl (C=O) groups is 1. The molecule has 0 unspecified atom stereocenters. The quantitative estimate of drug-likeness (QED) is 0.317. The number of nitrogens with zero attached hydrogens (tertiary/aromatic N) is 4. The van der Waals surface area contributed by atoms with Gasteiger partial charge in [-0.2, -0.15) is 4.31 Å². The normalized spacial score (nSPS) is 15.3. The molecule has 3 heterocycles. The van der Waals surface area contributed by atoms with Crippen LogP contribution in [-0.4, -0.2) is 41.7 Å². The molecule has 1 aliphatic rings. The zero-order valence-electron chi connectivity index (χ0n) is 19.7. The number of amides is 1. The highest BCUT2D eigenvalue weighted by Gasteiger charge is 2.29. The van der Waals surface area contributed by atoms with Crippen LogP contribution in [0.1, 0.15) is 35.8 Å². The number of benzene rings is 2. The van der Waals surface area contributed by atoms with Crippen LogP contribution in [0, 0.1) is 5.92 Å². The summed E-state index contributed by atoms with van der Waals surface area (Å²) in [6.45, 7) is 3.40. The molecule has 2 aromatic carbocycles. The van der Waals surface area contributed by atoms with Crippen molar-refractivity contribution in [1.82, 2.24) is 14.3 Å². The Balaban J connectivity index is 1.45. The molecule has 1 aliphatic heterocycles. The van der Waals surface area contributed by atoms with Crippen molar-refractivity contribution in [2.75, 3.05) is 18.0 Å². The first-order valence-electron chi connectivity index (χ1n) is 11.7. The topological polar surface area (TPSA) is 83.5 Å². The Kier molecular flexibility index (Phi) is 7.07. The third-order valence-corrected chi connectivity index (χ3v) is 9.53. The van der Waals surface area contributed by atoms with Gasteiger partial charge in [-0.25, -0.2) is 13.4 Å². The molecule has 186 valence electrons. The summed E-state index contributed by atoms with van der Waals surface area (Å²) < 4.78 is 28.6. The lowest BCUT2D eigenvalue weighted by atomic mass is 10.0. The van der Waals surface area contributed by atoms with E-state index >= 15 is 0 Å². The summed E-state index contributed by atoms with van der Waals surface area (Å²) in [5.74, 6) is 0.238. The van der Waals surface area contributed by atoms with Crippen molar-refractivity contribution >= 4 is 54.2 Å². The van der Waals surface area contributed by atoms with Gasteiger partial charge in [-0.15, -0.1) is 0 Å².